The standard InChI is InChI=1S/C17H23N5O/c23-17(15-9-5-11-21(15)13-6-1-2-7-13)22-10-4-3-8-14(22)16-18-12-19-20-16/h5,9,11-14H,1-4,6-8,10H2,(H,18,19,20). The van der Waals surface area contributed by atoms with E-state index in [1.807, 2.05) is 17.0 Å². The Morgan fingerprint density at radius 2 is 2.00 bits per heavy atom. The lowest BCUT2D eigenvalue weighted by atomic mass is 10.0. The lowest BCUT2D eigenvalue weighted by Gasteiger charge is -2.34. The van der Waals surface area contributed by atoms with Crippen molar-refractivity contribution >= 4 is 5.91 Å². The van der Waals surface area contributed by atoms with Crippen molar-refractivity contribution in [3.05, 3.63) is 36.2 Å². The number of nitrogens with zero attached hydrogens (tertiary/aromatic N) is 4. The Morgan fingerprint density at radius 3 is 2.78 bits per heavy atom. The average Bonchev–Trinajstić information content (AvgIpc) is 3.35. The largest absolute Gasteiger partial charge is 0.340 e. The first-order chi connectivity index (χ1) is 11.3. The fraction of sp³-hybridized carbons (Fsp3) is 0.588. The summed E-state index contributed by atoms with van der Waals surface area (Å²) >= 11 is 0. The second-order valence-electron chi connectivity index (χ2n) is 6.62. The van der Waals surface area contributed by atoms with Crippen LogP contribution in [0.3, 0.4) is 0 Å². The van der Waals surface area contributed by atoms with E-state index in [1.54, 1.807) is 0 Å². The summed E-state index contributed by atoms with van der Waals surface area (Å²) in [6.45, 7) is 0.792. The van der Waals surface area contributed by atoms with E-state index in [0.717, 1.165) is 37.3 Å². The fourth-order valence-electron chi connectivity index (χ4n) is 4.06. The molecule has 0 spiro atoms. The molecule has 2 fully saturated rings. The molecule has 4 rings (SSSR count). The normalized spacial score (nSPS) is 22.6. The van der Waals surface area contributed by atoms with Crippen molar-refractivity contribution in [2.45, 2.75) is 57.0 Å². The van der Waals surface area contributed by atoms with Crippen LogP contribution in [0.25, 0.3) is 0 Å². The van der Waals surface area contributed by atoms with Crippen LogP contribution in [0.1, 0.15) is 73.3 Å². The molecule has 6 nitrogen and oxygen atoms in total. The molecule has 2 aromatic heterocycles. The summed E-state index contributed by atoms with van der Waals surface area (Å²) in [6, 6.07) is 4.47. The number of piperidine rings is 1. The van der Waals surface area contributed by atoms with E-state index >= 15 is 0 Å². The number of nitrogens with one attached hydrogen (secondary N) is 1. The van der Waals surface area contributed by atoms with E-state index in [0.29, 0.717) is 6.04 Å². The van der Waals surface area contributed by atoms with Gasteiger partial charge in [-0.05, 0) is 44.2 Å². The zero-order valence-corrected chi connectivity index (χ0v) is 13.3. The zero-order chi connectivity index (χ0) is 15.6. The Morgan fingerprint density at radius 1 is 1.17 bits per heavy atom. The number of carbonyl (C=O) groups excluding carboxylic acids is 1. The Kier molecular flexibility index (Phi) is 3.89. The van der Waals surface area contributed by atoms with E-state index in [9.17, 15) is 4.79 Å². The third-order valence-electron chi connectivity index (χ3n) is 5.23. The van der Waals surface area contributed by atoms with Crippen LogP contribution in [0.15, 0.2) is 24.7 Å². The molecule has 1 aliphatic heterocycles. The first kappa shape index (κ1) is 14.5. The van der Waals surface area contributed by atoms with Gasteiger partial charge >= 0.3 is 0 Å². The summed E-state index contributed by atoms with van der Waals surface area (Å²) in [4.78, 5) is 19.5. The number of aromatic amines is 1. The highest BCUT2D eigenvalue weighted by Crippen LogP contribution is 2.33. The van der Waals surface area contributed by atoms with E-state index < -0.39 is 0 Å². The Balaban J connectivity index is 1.61. The molecule has 1 atom stereocenters. The highest BCUT2D eigenvalue weighted by Gasteiger charge is 2.32. The van der Waals surface area contributed by atoms with Gasteiger partial charge in [-0.2, -0.15) is 5.10 Å². The van der Waals surface area contributed by atoms with Crippen molar-refractivity contribution in [3.8, 4) is 0 Å². The molecule has 1 N–H and O–H groups in total. The lowest BCUT2D eigenvalue weighted by Crippen LogP contribution is -2.40. The van der Waals surface area contributed by atoms with Crippen LogP contribution in [0.5, 0.6) is 0 Å². The number of amides is 1. The van der Waals surface area contributed by atoms with Crippen LogP contribution >= 0.6 is 0 Å². The summed E-state index contributed by atoms with van der Waals surface area (Å²) in [5.41, 5.74) is 0.823. The SMILES string of the molecule is O=C(c1cccn1C1CCCC1)N1CCCCC1c1ncn[nH]1. The average molecular weight is 313 g/mol. The van der Waals surface area contributed by atoms with Gasteiger partial charge < -0.3 is 9.47 Å². The number of aromatic nitrogens is 4. The molecule has 2 aromatic rings. The molecule has 3 heterocycles. The van der Waals surface area contributed by atoms with E-state index in [2.05, 4.69) is 25.9 Å². The highest BCUT2D eigenvalue weighted by atomic mass is 16.2. The number of rotatable bonds is 3. The zero-order valence-electron chi connectivity index (χ0n) is 13.3. The molecular weight excluding hydrogens is 290 g/mol. The van der Waals surface area contributed by atoms with Crippen molar-refractivity contribution in [1.29, 1.82) is 0 Å². The predicted molar refractivity (Wildman–Crippen MR) is 85.9 cm³/mol. The maximum atomic E-state index is 13.2. The van der Waals surface area contributed by atoms with Crippen LogP contribution in [0.2, 0.25) is 0 Å². The van der Waals surface area contributed by atoms with Crippen molar-refractivity contribution in [1.82, 2.24) is 24.6 Å². The van der Waals surface area contributed by atoms with Gasteiger partial charge in [-0.1, -0.05) is 12.8 Å². The molecule has 23 heavy (non-hydrogen) atoms. The highest BCUT2D eigenvalue weighted by molar-refractivity contribution is 5.93. The van der Waals surface area contributed by atoms with Gasteiger partial charge in [-0.25, -0.2) is 4.98 Å². The number of hydrogen-bond acceptors (Lipinski definition) is 3. The van der Waals surface area contributed by atoms with Crippen LogP contribution in [-0.2, 0) is 0 Å². The molecule has 0 aromatic carbocycles. The van der Waals surface area contributed by atoms with Crippen molar-refractivity contribution in [2.24, 2.45) is 0 Å². The molecule has 1 saturated carbocycles. The summed E-state index contributed by atoms with van der Waals surface area (Å²) in [6.07, 6.45) is 11.6. The van der Waals surface area contributed by atoms with E-state index in [-0.39, 0.29) is 11.9 Å². The van der Waals surface area contributed by atoms with E-state index in [4.69, 9.17) is 0 Å². The molecule has 1 aliphatic carbocycles. The molecule has 1 unspecified atom stereocenters. The second-order valence-corrected chi connectivity index (χ2v) is 6.62. The number of carbonyl (C=O) groups is 1. The third-order valence-corrected chi connectivity index (χ3v) is 5.23. The van der Waals surface area contributed by atoms with Gasteiger partial charge in [-0.15, -0.1) is 0 Å². The van der Waals surface area contributed by atoms with E-state index in [1.165, 1.54) is 32.0 Å². The molecule has 0 bridgehead atoms. The quantitative estimate of drug-likeness (QED) is 0.947. The number of hydrogen-bond donors (Lipinski definition) is 1. The summed E-state index contributed by atoms with van der Waals surface area (Å²) in [7, 11) is 0. The molecule has 6 heteroatoms. The van der Waals surface area contributed by atoms with Gasteiger partial charge in [0.15, 0.2) is 0 Å². The van der Waals surface area contributed by atoms with Gasteiger partial charge in [-0.3, -0.25) is 9.89 Å². The maximum absolute atomic E-state index is 13.2. The number of likely N-dealkylation sites (tertiary alicyclic amines) is 1. The fourth-order valence-corrected chi connectivity index (χ4v) is 4.06. The van der Waals surface area contributed by atoms with Gasteiger partial charge in [0.1, 0.15) is 17.8 Å². The van der Waals surface area contributed by atoms with Crippen LogP contribution < -0.4 is 0 Å². The minimum atomic E-state index is 0.0191. The summed E-state index contributed by atoms with van der Waals surface area (Å²) in [5.74, 6) is 0.931. The lowest BCUT2D eigenvalue weighted by molar-refractivity contribution is 0.0587. The number of H-pyrrole nitrogens is 1. The van der Waals surface area contributed by atoms with Gasteiger partial charge in [0, 0.05) is 18.8 Å². The summed E-state index contributed by atoms with van der Waals surface area (Å²) in [5, 5.41) is 6.90. The topological polar surface area (TPSA) is 66.8 Å². The van der Waals surface area contributed by atoms with Crippen LogP contribution in [0, 0.1) is 0 Å². The maximum Gasteiger partial charge on any atom is 0.271 e. The smallest absolute Gasteiger partial charge is 0.271 e. The van der Waals surface area contributed by atoms with Crippen molar-refractivity contribution in [3.63, 3.8) is 0 Å². The molecule has 122 valence electrons. The Labute approximate surface area is 135 Å². The van der Waals surface area contributed by atoms with Crippen molar-refractivity contribution < 1.29 is 4.79 Å². The molecular formula is C17H23N5O. The first-order valence-electron chi connectivity index (χ1n) is 8.67. The monoisotopic (exact) mass is 313 g/mol. The minimum Gasteiger partial charge on any atom is -0.340 e. The minimum absolute atomic E-state index is 0.0191. The van der Waals surface area contributed by atoms with Crippen molar-refractivity contribution in [2.75, 3.05) is 6.54 Å². The third kappa shape index (κ3) is 2.66. The first-order valence-corrected chi connectivity index (χ1v) is 8.67. The van der Waals surface area contributed by atoms with Crippen LogP contribution in [0.4, 0.5) is 0 Å². The summed E-state index contributed by atoms with van der Waals surface area (Å²) < 4.78 is 2.20. The molecule has 1 saturated heterocycles. The van der Waals surface area contributed by atoms with Gasteiger partial charge in [0.05, 0.1) is 6.04 Å². The van der Waals surface area contributed by atoms with Crippen LogP contribution in [-0.4, -0.2) is 37.1 Å². The predicted octanol–water partition coefficient (Wildman–Crippen LogP) is 3.09. The van der Waals surface area contributed by atoms with Gasteiger partial charge in [0.2, 0.25) is 0 Å². The second kappa shape index (κ2) is 6.18. The van der Waals surface area contributed by atoms with Gasteiger partial charge in [0.25, 0.3) is 5.91 Å². The molecule has 1 amide bonds. The Bertz CT molecular complexity index is 656. The molecule has 2 aliphatic rings. The molecule has 0 radical (unpaired) electrons. The Hall–Kier alpha value is -2.11.